The van der Waals surface area contributed by atoms with Gasteiger partial charge in [0.2, 0.25) is 0 Å². The summed E-state index contributed by atoms with van der Waals surface area (Å²) < 4.78 is 34.4. The number of nitrogens with one attached hydrogen (secondary N) is 1. The molecule has 1 aromatic heterocycles. The molecule has 2 aromatic rings. The van der Waals surface area contributed by atoms with Gasteiger partial charge in [-0.3, -0.25) is 4.79 Å². The Labute approximate surface area is 231 Å². The predicted octanol–water partition coefficient (Wildman–Crippen LogP) is 4.41. The van der Waals surface area contributed by atoms with Gasteiger partial charge in [-0.1, -0.05) is 6.07 Å². The summed E-state index contributed by atoms with van der Waals surface area (Å²) in [5.74, 6) is 2.41. The Morgan fingerprint density at radius 3 is 2.74 bits per heavy atom. The second kappa shape index (κ2) is 15.0. The largest absolute Gasteiger partial charge is 0.491 e. The first-order valence-corrected chi connectivity index (χ1v) is 14.0. The number of ether oxygens (including phenoxy) is 4. The van der Waals surface area contributed by atoms with Gasteiger partial charge in [0.05, 0.1) is 20.1 Å². The Bertz CT molecular complexity index is 1070. The summed E-state index contributed by atoms with van der Waals surface area (Å²) in [4.78, 5) is 19.7. The molecule has 1 unspecified atom stereocenters. The van der Waals surface area contributed by atoms with E-state index in [1.165, 1.54) is 19.1 Å². The number of aryl methyl sites for hydroxylation is 2. The Morgan fingerprint density at radius 1 is 1.15 bits per heavy atom. The van der Waals surface area contributed by atoms with Gasteiger partial charge in [-0.25, -0.2) is 9.37 Å². The maximum atomic E-state index is 12.8. The molecule has 2 aliphatic rings. The maximum Gasteiger partial charge on any atom is 0.306 e. The van der Waals surface area contributed by atoms with Crippen molar-refractivity contribution < 1.29 is 28.1 Å². The first-order chi connectivity index (χ1) is 19.1. The van der Waals surface area contributed by atoms with Crippen LogP contribution in [-0.4, -0.2) is 82.7 Å². The van der Waals surface area contributed by atoms with Crippen molar-refractivity contribution in [2.45, 2.75) is 44.4 Å². The minimum absolute atomic E-state index is 0.0361. The highest BCUT2D eigenvalue weighted by atomic mass is 19.1. The number of alkyl halides is 1. The highest BCUT2D eigenvalue weighted by Crippen LogP contribution is 2.32. The zero-order valence-corrected chi connectivity index (χ0v) is 23.3. The summed E-state index contributed by atoms with van der Waals surface area (Å²) >= 11 is 0. The van der Waals surface area contributed by atoms with Crippen LogP contribution in [0, 0.1) is 5.92 Å². The summed E-state index contributed by atoms with van der Waals surface area (Å²) in [6.45, 7) is 3.90. The summed E-state index contributed by atoms with van der Waals surface area (Å²) in [5, 5.41) is 3.43. The molecule has 3 heterocycles. The summed E-state index contributed by atoms with van der Waals surface area (Å²) in [6, 6.07) is 9.97. The molecule has 2 atom stereocenters. The summed E-state index contributed by atoms with van der Waals surface area (Å²) in [7, 11) is 3.03. The van der Waals surface area contributed by atoms with Crippen molar-refractivity contribution in [3.8, 4) is 11.5 Å². The highest BCUT2D eigenvalue weighted by Gasteiger charge is 2.27. The highest BCUT2D eigenvalue weighted by molar-refractivity contribution is 5.70. The topological polar surface area (TPSA) is 82.2 Å². The van der Waals surface area contributed by atoms with Crippen LogP contribution in [0.25, 0.3) is 0 Å². The fourth-order valence-electron chi connectivity index (χ4n) is 5.45. The third-order valence-electron chi connectivity index (χ3n) is 7.53. The molecule has 39 heavy (non-hydrogen) atoms. The summed E-state index contributed by atoms with van der Waals surface area (Å²) in [6.07, 6.45) is 5.70. The third-order valence-corrected chi connectivity index (χ3v) is 7.53. The van der Waals surface area contributed by atoms with Crippen LogP contribution in [0.5, 0.6) is 11.5 Å². The van der Waals surface area contributed by atoms with E-state index in [0.29, 0.717) is 30.6 Å². The molecule has 0 radical (unpaired) electrons. The Balaban J connectivity index is 1.40. The molecular formula is C30H42FN3O5. The molecule has 0 aliphatic carbocycles. The smallest absolute Gasteiger partial charge is 0.306 e. The van der Waals surface area contributed by atoms with Crippen molar-refractivity contribution >= 4 is 11.8 Å². The number of esters is 1. The van der Waals surface area contributed by atoms with Crippen molar-refractivity contribution in [1.82, 2.24) is 9.88 Å². The number of benzene rings is 1. The number of likely N-dealkylation sites (tertiary alicyclic amines) is 1. The Hall–Kier alpha value is -2.91. The standard InChI is InChI=1S/C30H42FN3O5/c1-36-14-15-39-28-17-24(16-27(19-28)38-13-10-31)25(18-29(35)37-2)21-34-12-9-22(20-34)5-7-26-8-6-23-4-3-11-32-30(23)33-26/h6,8,16-17,19,22,25H,3-5,7,9-15,18,20-21H2,1-2H3,(H,32,33)/t22-,25?/m1/s1. The number of nitrogens with zero attached hydrogens (tertiary/aromatic N) is 2. The van der Waals surface area contributed by atoms with Crippen molar-refractivity contribution in [3.63, 3.8) is 0 Å². The van der Waals surface area contributed by atoms with Crippen molar-refractivity contribution in [3.05, 3.63) is 47.2 Å². The van der Waals surface area contributed by atoms with Crippen LogP contribution in [0.15, 0.2) is 30.3 Å². The normalized spacial score (nSPS) is 17.8. The monoisotopic (exact) mass is 543 g/mol. The van der Waals surface area contributed by atoms with Gasteiger partial charge in [0.15, 0.2) is 0 Å². The van der Waals surface area contributed by atoms with Gasteiger partial charge >= 0.3 is 5.97 Å². The summed E-state index contributed by atoms with van der Waals surface area (Å²) in [5.41, 5.74) is 3.38. The van der Waals surface area contributed by atoms with E-state index in [9.17, 15) is 9.18 Å². The lowest BCUT2D eigenvalue weighted by molar-refractivity contribution is -0.141. The number of methoxy groups -OCH3 is 2. The number of hydrogen-bond acceptors (Lipinski definition) is 8. The molecular weight excluding hydrogens is 501 g/mol. The second-order valence-electron chi connectivity index (χ2n) is 10.4. The van der Waals surface area contributed by atoms with Crippen LogP contribution < -0.4 is 14.8 Å². The minimum Gasteiger partial charge on any atom is -0.491 e. The average molecular weight is 544 g/mol. The molecule has 2 aliphatic heterocycles. The number of pyridine rings is 1. The molecule has 1 fully saturated rings. The number of rotatable bonds is 15. The van der Waals surface area contributed by atoms with E-state index in [2.05, 4.69) is 22.3 Å². The molecule has 0 saturated carbocycles. The van der Waals surface area contributed by atoms with Crippen LogP contribution in [0.4, 0.5) is 10.2 Å². The number of hydrogen-bond donors (Lipinski definition) is 1. The van der Waals surface area contributed by atoms with Gasteiger partial charge in [0.1, 0.15) is 37.2 Å². The second-order valence-corrected chi connectivity index (χ2v) is 10.4. The number of carbonyl (C=O) groups excluding carboxylic acids is 1. The third kappa shape index (κ3) is 8.80. The Kier molecular flexibility index (Phi) is 11.2. The molecule has 0 spiro atoms. The molecule has 0 amide bonds. The molecule has 214 valence electrons. The lowest BCUT2D eigenvalue weighted by atomic mass is 9.94. The number of carbonyl (C=O) groups is 1. The van der Waals surface area contributed by atoms with Gasteiger partial charge in [-0.05, 0) is 73.9 Å². The van der Waals surface area contributed by atoms with Crippen LogP contribution in [0.2, 0.25) is 0 Å². The number of aromatic nitrogens is 1. The maximum absolute atomic E-state index is 12.8. The van der Waals surface area contributed by atoms with E-state index in [-0.39, 0.29) is 24.9 Å². The first kappa shape index (κ1) is 29.1. The lowest BCUT2D eigenvalue weighted by Gasteiger charge is -2.25. The zero-order valence-electron chi connectivity index (χ0n) is 23.3. The minimum atomic E-state index is -0.581. The van der Waals surface area contributed by atoms with Crippen LogP contribution >= 0.6 is 0 Å². The van der Waals surface area contributed by atoms with E-state index in [1.807, 2.05) is 12.1 Å². The fraction of sp³-hybridized carbons (Fsp3) is 0.600. The van der Waals surface area contributed by atoms with E-state index >= 15 is 0 Å². The molecule has 4 rings (SSSR count). The van der Waals surface area contributed by atoms with Gasteiger partial charge in [0.25, 0.3) is 0 Å². The molecule has 9 heteroatoms. The number of anilines is 1. The van der Waals surface area contributed by atoms with Crippen LogP contribution in [-0.2, 0) is 27.1 Å². The quantitative estimate of drug-likeness (QED) is 0.261. The van der Waals surface area contributed by atoms with E-state index < -0.39 is 6.67 Å². The van der Waals surface area contributed by atoms with Crippen LogP contribution in [0.1, 0.15) is 48.4 Å². The first-order valence-electron chi connectivity index (χ1n) is 14.0. The van der Waals surface area contributed by atoms with E-state index in [4.69, 9.17) is 23.9 Å². The molecule has 8 nitrogen and oxygen atoms in total. The number of fused-ring (bicyclic) bond motifs is 1. The van der Waals surface area contributed by atoms with Gasteiger partial charge in [-0.2, -0.15) is 0 Å². The van der Waals surface area contributed by atoms with Crippen LogP contribution in [0.3, 0.4) is 0 Å². The SMILES string of the molecule is COCCOc1cc(OCCF)cc(C(CC(=O)OC)CN2CC[C@@H](CCc3ccc4c(n3)NCCC4)C2)c1. The van der Waals surface area contributed by atoms with Gasteiger partial charge in [0, 0.05) is 44.4 Å². The average Bonchev–Trinajstić information content (AvgIpc) is 3.41. The van der Waals surface area contributed by atoms with Crippen molar-refractivity contribution in [2.24, 2.45) is 5.92 Å². The molecule has 1 aromatic carbocycles. The van der Waals surface area contributed by atoms with Gasteiger partial charge < -0.3 is 29.2 Å². The van der Waals surface area contributed by atoms with Crippen molar-refractivity contribution in [1.29, 1.82) is 0 Å². The van der Waals surface area contributed by atoms with E-state index in [1.54, 1.807) is 13.2 Å². The Morgan fingerprint density at radius 2 is 1.97 bits per heavy atom. The van der Waals surface area contributed by atoms with Crippen molar-refractivity contribution in [2.75, 3.05) is 72.2 Å². The molecule has 1 saturated heterocycles. The molecule has 1 N–H and O–H groups in total. The molecule has 0 bridgehead atoms. The van der Waals surface area contributed by atoms with Gasteiger partial charge in [-0.15, -0.1) is 0 Å². The predicted molar refractivity (Wildman–Crippen MR) is 149 cm³/mol. The van der Waals surface area contributed by atoms with E-state index in [0.717, 1.165) is 68.9 Å². The zero-order chi connectivity index (χ0) is 27.5. The number of halogens is 1. The fourth-order valence-corrected chi connectivity index (χ4v) is 5.45. The lowest BCUT2D eigenvalue weighted by Crippen LogP contribution is -2.28.